The highest BCUT2D eigenvalue weighted by molar-refractivity contribution is 14.0. The van der Waals surface area contributed by atoms with Gasteiger partial charge in [0.05, 0.1) is 21.6 Å². The van der Waals surface area contributed by atoms with Gasteiger partial charge >= 0.3 is 0 Å². The number of hydrogen-bond donors (Lipinski definition) is 2. The topological polar surface area (TPSA) is 49.3 Å². The molecule has 0 aliphatic heterocycles. The highest BCUT2D eigenvalue weighted by atomic mass is 127. The summed E-state index contributed by atoms with van der Waals surface area (Å²) in [5, 5.41) is 7.73. The Morgan fingerprint density at radius 1 is 1.27 bits per heavy atom. The van der Waals surface area contributed by atoms with Gasteiger partial charge in [-0.3, -0.25) is 4.99 Å². The molecule has 2 aromatic rings. The lowest BCUT2D eigenvalue weighted by Crippen LogP contribution is -2.37. The first-order valence-corrected chi connectivity index (χ1v) is 8.71. The monoisotopic (exact) mass is 470 g/mol. The van der Waals surface area contributed by atoms with E-state index in [2.05, 4.69) is 26.7 Å². The Balaban J connectivity index is 0.00000242. The molecule has 0 radical (unpaired) electrons. The second kappa shape index (κ2) is 9.69. The van der Waals surface area contributed by atoms with Crippen LogP contribution in [0.15, 0.2) is 17.1 Å². The molecule has 0 amide bonds. The normalized spacial score (nSPS) is 11.2. The minimum absolute atomic E-state index is 0. The van der Waals surface area contributed by atoms with Crippen LogP contribution in [0.5, 0.6) is 0 Å². The SMILES string of the molecule is CN=C(NCCc1ccc(Cl)s1)NCc1sc(C)nc1C.I. The lowest BCUT2D eigenvalue weighted by Gasteiger charge is -2.10. The lowest BCUT2D eigenvalue weighted by molar-refractivity contribution is 0.801. The third kappa shape index (κ3) is 6.02. The van der Waals surface area contributed by atoms with Gasteiger partial charge in [-0.05, 0) is 32.4 Å². The molecule has 0 spiro atoms. The molecule has 122 valence electrons. The van der Waals surface area contributed by atoms with Gasteiger partial charge in [0, 0.05) is 23.3 Å². The molecule has 0 aromatic carbocycles. The van der Waals surface area contributed by atoms with Crippen LogP contribution in [0.1, 0.15) is 20.5 Å². The molecule has 2 rings (SSSR count). The first-order valence-electron chi connectivity index (χ1n) is 6.70. The van der Waals surface area contributed by atoms with Crippen molar-refractivity contribution in [1.29, 1.82) is 0 Å². The van der Waals surface area contributed by atoms with E-state index < -0.39 is 0 Å². The molecule has 4 nitrogen and oxygen atoms in total. The molecule has 8 heteroatoms. The molecule has 0 aliphatic carbocycles. The molecule has 0 aliphatic rings. The zero-order valence-electron chi connectivity index (χ0n) is 12.8. The minimum Gasteiger partial charge on any atom is -0.356 e. The standard InChI is InChI=1S/C14H19ClN4S2.HI/c1-9-12(20-10(2)19-9)8-18-14(16-3)17-7-6-11-4-5-13(15)21-11;/h4-5H,6-8H2,1-3H3,(H2,16,17,18);1H. The largest absolute Gasteiger partial charge is 0.356 e. The molecule has 2 N–H and O–H groups in total. The number of hydrogen-bond acceptors (Lipinski definition) is 4. The fourth-order valence-electron chi connectivity index (χ4n) is 1.91. The van der Waals surface area contributed by atoms with Gasteiger partial charge in [-0.2, -0.15) is 0 Å². The predicted molar refractivity (Wildman–Crippen MR) is 108 cm³/mol. The van der Waals surface area contributed by atoms with Crippen LogP contribution in [0.4, 0.5) is 0 Å². The van der Waals surface area contributed by atoms with Crippen LogP contribution in [0.3, 0.4) is 0 Å². The maximum absolute atomic E-state index is 5.92. The van der Waals surface area contributed by atoms with E-state index in [4.69, 9.17) is 11.6 Å². The average Bonchev–Trinajstić information content (AvgIpc) is 2.99. The molecule has 0 atom stereocenters. The average molecular weight is 471 g/mol. The van der Waals surface area contributed by atoms with E-state index in [-0.39, 0.29) is 24.0 Å². The number of guanidine groups is 1. The van der Waals surface area contributed by atoms with Gasteiger partial charge in [0.2, 0.25) is 0 Å². The van der Waals surface area contributed by atoms with Gasteiger partial charge in [0.1, 0.15) is 0 Å². The van der Waals surface area contributed by atoms with Crippen molar-refractivity contribution in [2.24, 2.45) is 4.99 Å². The Kier molecular flexibility index (Phi) is 8.66. The highest BCUT2D eigenvalue weighted by Gasteiger charge is 2.06. The van der Waals surface area contributed by atoms with Crippen molar-refractivity contribution in [3.8, 4) is 0 Å². The van der Waals surface area contributed by atoms with Crippen LogP contribution < -0.4 is 10.6 Å². The Morgan fingerprint density at radius 3 is 2.59 bits per heavy atom. The Morgan fingerprint density at radius 2 is 2.05 bits per heavy atom. The third-order valence-corrected chi connectivity index (χ3v) is 5.30. The highest BCUT2D eigenvalue weighted by Crippen LogP contribution is 2.21. The van der Waals surface area contributed by atoms with E-state index in [9.17, 15) is 0 Å². The lowest BCUT2D eigenvalue weighted by atomic mass is 10.3. The van der Waals surface area contributed by atoms with E-state index >= 15 is 0 Å². The number of thiophene rings is 1. The van der Waals surface area contributed by atoms with Crippen molar-refractivity contribution in [3.05, 3.63) is 36.9 Å². The molecule has 0 saturated carbocycles. The molecular weight excluding hydrogens is 451 g/mol. The number of nitrogens with zero attached hydrogens (tertiary/aromatic N) is 2. The van der Waals surface area contributed by atoms with Gasteiger partial charge in [-0.25, -0.2) is 4.98 Å². The summed E-state index contributed by atoms with van der Waals surface area (Å²) in [6, 6.07) is 4.00. The van der Waals surface area contributed by atoms with Crippen molar-refractivity contribution in [2.75, 3.05) is 13.6 Å². The van der Waals surface area contributed by atoms with Gasteiger partial charge in [-0.1, -0.05) is 11.6 Å². The zero-order valence-corrected chi connectivity index (χ0v) is 17.5. The van der Waals surface area contributed by atoms with Crippen LogP contribution in [-0.2, 0) is 13.0 Å². The van der Waals surface area contributed by atoms with Crippen molar-refractivity contribution in [1.82, 2.24) is 15.6 Å². The van der Waals surface area contributed by atoms with Crippen molar-refractivity contribution < 1.29 is 0 Å². The van der Waals surface area contributed by atoms with Crippen molar-refractivity contribution in [3.63, 3.8) is 0 Å². The summed E-state index contributed by atoms with van der Waals surface area (Å²) in [7, 11) is 1.78. The molecular formula is C14H20ClIN4S2. The number of halogens is 2. The van der Waals surface area contributed by atoms with E-state index in [0.29, 0.717) is 0 Å². The van der Waals surface area contributed by atoms with E-state index in [1.165, 1.54) is 9.75 Å². The second-order valence-corrected chi connectivity index (χ2v) is 7.64. The number of aliphatic imine (C=N–C) groups is 1. The summed E-state index contributed by atoms with van der Waals surface area (Å²) in [4.78, 5) is 11.2. The quantitative estimate of drug-likeness (QED) is 0.394. The maximum atomic E-state index is 5.92. The van der Waals surface area contributed by atoms with Crippen LogP contribution in [0.2, 0.25) is 4.34 Å². The Labute approximate surface area is 161 Å². The third-order valence-electron chi connectivity index (χ3n) is 2.93. The molecule has 0 saturated heterocycles. The number of thiazole rings is 1. The first kappa shape index (κ1) is 19.7. The summed E-state index contributed by atoms with van der Waals surface area (Å²) in [5.41, 5.74) is 1.09. The Hall–Kier alpha value is -0.380. The summed E-state index contributed by atoms with van der Waals surface area (Å²) in [5.74, 6) is 0.808. The molecule has 0 bridgehead atoms. The van der Waals surface area contributed by atoms with Crippen LogP contribution in [-0.4, -0.2) is 24.5 Å². The molecule has 2 aromatic heterocycles. The van der Waals surface area contributed by atoms with Crippen LogP contribution >= 0.6 is 58.3 Å². The number of rotatable bonds is 5. The maximum Gasteiger partial charge on any atom is 0.191 e. The minimum atomic E-state index is 0. The van der Waals surface area contributed by atoms with Gasteiger partial charge in [-0.15, -0.1) is 46.7 Å². The fraction of sp³-hybridized carbons (Fsp3) is 0.429. The molecule has 2 heterocycles. The predicted octanol–water partition coefficient (Wildman–Crippen LogP) is 4.00. The first-order chi connectivity index (χ1) is 10.1. The van der Waals surface area contributed by atoms with Crippen molar-refractivity contribution in [2.45, 2.75) is 26.8 Å². The Bertz CT molecular complexity index is 624. The number of aryl methyl sites for hydroxylation is 2. The summed E-state index contributed by atoms with van der Waals surface area (Å²) in [6.45, 7) is 5.65. The van der Waals surface area contributed by atoms with Crippen LogP contribution in [0, 0.1) is 13.8 Å². The summed E-state index contributed by atoms with van der Waals surface area (Å²) < 4.78 is 0.837. The number of nitrogens with one attached hydrogen (secondary N) is 2. The van der Waals surface area contributed by atoms with E-state index in [1.807, 2.05) is 19.9 Å². The van der Waals surface area contributed by atoms with E-state index in [0.717, 1.165) is 40.5 Å². The molecule has 0 fully saturated rings. The summed E-state index contributed by atoms with van der Waals surface area (Å²) in [6.07, 6.45) is 0.941. The summed E-state index contributed by atoms with van der Waals surface area (Å²) >= 11 is 9.26. The van der Waals surface area contributed by atoms with Gasteiger partial charge in [0.15, 0.2) is 5.96 Å². The molecule has 0 unspecified atom stereocenters. The van der Waals surface area contributed by atoms with Crippen LogP contribution in [0.25, 0.3) is 0 Å². The van der Waals surface area contributed by atoms with Gasteiger partial charge < -0.3 is 10.6 Å². The molecule has 22 heavy (non-hydrogen) atoms. The van der Waals surface area contributed by atoms with Gasteiger partial charge in [0.25, 0.3) is 0 Å². The number of aromatic nitrogens is 1. The zero-order chi connectivity index (χ0) is 15.2. The smallest absolute Gasteiger partial charge is 0.191 e. The van der Waals surface area contributed by atoms with Crippen molar-refractivity contribution >= 4 is 64.2 Å². The second-order valence-electron chi connectivity index (χ2n) is 4.55. The van der Waals surface area contributed by atoms with E-state index in [1.54, 1.807) is 29.7 Å². The fourth-order valence-corrected chi connectivity index (χ4v) is 3.88.